The number of benzene rings is 1. The number of hydrogen-bond acceptors (Lipinski definition) is 4. The maximum Gasteiger partial charge on any atom is 0.328 e. The van der Waals surface area contributed by atoms with Crippen molar-refractivity contribution in [3.8, 4) is 5.75 Å². The summed E-state index contributed by atoms with van der Waals surface area (Å²) in [5, 5.41) is 10.5. The van der Waals surface area contributed by atoms with Gasteiger partial charge < -0.3 is 15.6 Å². The van der Waals surface area contributed by atoms with Crippen LogP contribution in [0.2, 0.25) is 0 Å². The number of rotatable bonds is 3. The number of aliphatic hydroxyl groups is 1. The van der Waals surface area contributed by atoms with E-state index in [4.69, 9.17) is 10.5 Å². The Kier molecular flexibility index (Phi) is 4.84. The molecule has 0 aliphatic heterocycles. The molecule has 0 spiro atoms. The van der Waals surface area contributed by atoms with Crippen molar-refractivity contribution >= 4 is 5.97 Å². The first-order valence-corrected chi connectivity index (χ1v) is 10.6. The highest BCUT2D eigenvalue weighted by Crippen LogP contribution is 2.60. The summed E-state index contributed by atoms with van der Waals surface area (Å²) in [5.41, 5.74) is 8.78. The second-order valence-electron chi connectivity index (χ2n) is 9.60. The number of aryl methyl sites for hydroxylation is 1. The molecule has 0 bridgehead atoms. The first-order chi connectivity index (χ1) is 12.8. The van der Waals surface area contributed by atoms with Crippen molar-refractivity contribution in [3.05, 3.63) is 29.3 Å². The molecule has 0 radical (unpaired) electrons. The third-order valence-electron chi connectivity index (χ3n) is 7.86. The van der Waals surface area contributed by atoms with E-state index < -0.39 is 6.04 Å². The van der Waals surface area contributed by atoms with Gasteiger partial charge in [0.2, 0.25) is 0 Å². The van der Waals surface area contributed by atoms with Crippen molar-refractivity contribution < 1.29 is 14.6 Å². The number of aliphatic hydroxyl groups excluding tert-OH is 1. The highest BCUT2D eigenvalue weighted by Gasteiger charge is 2.54. The van der Waals surface area contributed by atoms with Crippen LogP contribution in [0.3, 0.4) is 0 Å². The number of esters is 1. The van der Waals surface area contributed by atoms with E-state index in [2.05, 4.69) is 13.0 Å². The van der Waals surface area contributed by atoms with E-state index >= 15 is 0 Å². The van der Waals surface area contributed by atoms with Crippen molar-refractivity contribution in [2.75, 3.05) is 0 Å². The lowest BCUT2D eigenvalue weighted by Gasteiger charge is -2.50. The highest BCUT2D eigenvalue weighted by atomic mass is 16.5. The molecule has 4 nitrogen and oxygen atoms in total. The monoisotopic (exact) mass is 371 g/mol. The van der Waals surface area contributed by atoms with Crippen LogP contribution in [0.5, 0.6) is 5.75 Å². The summed E-state index contributed by atoms with van der Waals surface area (Å²) in [4.78, 5) is 12.2. The van der Waals surface area contributed by atoms with Gasteiger partial charge in [0, 0.05) is 0 Å². The van der Waals surface area contributed by atoms with Gasteiger partial charge in [-0.3, -0.25) is 0 Å². The van der Waals surface area contributed by atoms with Crippen LogP contribution in [0.25, 0.3) is 0 Å². The molecule has 27 heavy (non-hydrogen) atoms. The first kappa shape index (κ1) is 18.9. The van der Waals surface area contributed by atoms with E-state index in [-0.39, 0.29) is 23.4 Å². The van der Waals surface area contributed by atoms with Gasteiger partial charge in [-0.05, 0) is 90.9 Å². The summed E-state index contributed by atoms with van der Waals surface area (Å²) < 4.78 is 5.54. The highest BCUT2D eigenvalue weighted by molar-refractivity contribution is 5.78. The van der Waals surface area contributed by atoms with Gasteiger partial charge >= 0.3 is 5.97 Å². The van der Waals surface area contributed by atoms with Crippen molar-refractivity contribution in [1.82, 2.24) is 0 Å². The van der Waals surface area contributed by atoms with Crippen molar-refractivity contribution in [2.45, 2.75) is 77.4 Å². The average molecular weight is 372 g/mol. The minimum absolute atomic E-state index is 0.0641. The summed E-state index contributed by atoms with van der Waals surface area (Å²) in [6, 6.07) is 5.57. The van der Waals surface area contributed by atoms with Gasteiger partial charge in [0.25, 0.3) is 0 Å². The Morgan fingerprint density at radius 1 is 1.26 bits per heavy atom. The molecule has 4 heteroatoms. The van der Waals surface area contributed by atoms with Crippen LogP contribution in [0.1, 0.15) is 69.9 Å². The zero-order valence-electron chi connectivity index (χ0n) is 16.8. The van der Waals surface area contributed by atoms with Crippen LogP contribution in [0, 0.1) is 23.2 Å². The van der Waals surface area contributed by atoms with Crippen molar-refractivity contribution in [3.63, 3.8) is 0 Å². The summed E-state index contributed by atoms with van der Waals surface area (Å²) in [5.74, 6) is 2.23. The molecule has 0 amide bonds. The molecule has 2 saturated carbocycles. The Morgan fingerprint density at radius 2 is 2.04 bits per heavy atom. The smallest absolute Gasteiger partial charge is 0.328 e. The van der Waals surface area contributed by atoms with Crippen LogP contribution < -0.4 is 10.5 Å². The third kappa shape index (κ3) is 3.11. The molecule has 0 heterocycles. The zero-order chi connectivity index (χ0) is 19.3. The SMILES string of the molecule is CC(C)C(N)C(=O)Oc1ccc2c(c1)CCC1C2CCC2(C)C(O)CCC12. The Labute approximate surface area is 162 Å². The lowest BCUT2D eigenvalue weighted by atomic mass is 9.55. The van der Waals surface area contributed by atoms with Gasteiger partial charge in [-0.2, -0.15) is 0 Å². The fourth-order valence-electron chi connectivity index (χ4n) is 6.05. The van der Waals surface area contributed by atoms with Crippen LogP contribution in [0.4, 0.5) is 0 Å². The Balaban J connectivity index is 1.54. The summed E-state index contributed by atoms with van der Waals surface area (Å²) >= 11 is 0. The lowest BCUT2D eigenvalue weighted by Crippen LogP contribution is -2.43. The Bertz CT molecular complexity index is 730. The molecular weight excluding hydrogens is 338 g/mol. The van der Waals surface area contributed by atoms with Gasteiger partial charge in [0.15, 0.2) is 0 Å². The summed E-state index contributed by atoms with van der Waals surface area (Å²) in [6.45, 7) is 6.16. The number of nitrogens with two attached hydrogens (primary N) is 1. The molecule has 1 aromatic rings. The number of carbonyl (C=O) groups is 1. The summed E-state index contributed by atoms with van der Waals surface area (Å²) in [6.07, 6.45) is 6.46. The third-order valence-corrected chi connectivity index (χ3v) is 7.86. The molecule has 4 rings (SSSR count). The normalized spacial score (nSPS) is 35.9. The maximum absolute atomic E-state index is 12.2. The quantitative estimate of drug-likeness (QED) is 0.626. The minimum Gasteiger partial charge on any atom is -0.425 e. The van der Waals surface area contributed by atoms with Crippen LogP contribution in [0.15, 0.2) is 18.2 Å². The Hall–Kier alpha value is -1.39. The fraction of sp³-hybridized carbons (Fsp3) is 0.696. The predicted molar refractivity (Wildman–Crippen MR) is 106 cm³/mol. The minimum atomic E-state index is -0.588. The number of hydrogen-bond donors (Lipinski definition) is 2. The molecular formula is C23H33NO3. The molecule has 0 aromatic heterocycles. The van der Waals surface area contributed by atoms with Gasteiger partial charge in [-0.1, -0.05) is 26.8 Å². The maximum atomic E-state index is 12.2. The van der Waals surface area contributed by atoms with Gasteiger partial charge in [-0.25, -0.2) is 4.79 Å². The second-order valence-corrected chi connectivity index (χ2v) is 9.60. The number of ether oxygens (including phenoxy) is 1. The Morgan fingerprint density at radius 3 is 2.78 bits per heavy atom. The average Bonchev–Trinajstić information content (AvgIpc) is 2.95. The molecule has 1 aromatic carbocycles. The van der Waals surface area contributed by atoms with Gasteiger partial charge in [-0.15, -0.1) is 0 Å². The molecule has 6 unspecified atom stereocenters. The largest absolute Gasteiger partial charge is 0.425 e. The fourth-order valence-corrected chi connectivity index (χ4v) is 6.05. The van der Waals surface area contributed by atoms with Crippen LogP contribution in [-0.4, -0.2) is 23.2 Å². The second kappa shape index (κ2) is 6.89. The molecule has 148 valence electrons. The molecule has 2 fully saturated rings. The molecule has 6 atom stereocenters. The van der Waals surface area contributed by atoms with E-state index in [1.807, 2.05) is 26.0 Å². The molecule has 3 aliphatic carbocycles. The van der Waals surface area contributed by atoms with E-state index in [1.54, 1.807) is 0 Å². The lowest BCUT2D eigenvalue weighted by molar-refractivity contribution is -0.136. The van der Waals surface area contributed by atoms with Gasteiger partial charge in [0.05, 0.1) is 6.10 Å². The summed E-state index contributed by atoms with van der Waals surface area (Å²) in [7, 11) is 0. The van der Waals surface area contributed by atoms with Crippen LogP contribution in [-0.2, 0) is 11.2 Å². The molecule has 3 aliphatic rings. The van der Waals surface area contributed by atoms with Crippen molar-refractivity contribution in [1.29, 1.82) is 0 Å². The van der Waals surface area contributed by atoms with Crippen molar-refractivity contribution in [2.24, 2.45) is 28.9 Å². The van der Waals surface area contributed by atoms with E-state index in [0.717, 1.165) is 32.1 Å². The van der Waals surface area contributed by atoms with Gasteiger partial charge in [0.1, 0.15) is 11.8 Å². The van der Waals surface area contributed by atoms with Crippen LogP contribution >= 0.6 is 0 Å². The molecule has 3 N–H and O–H groups in total. The predicted octanol–water partition coefficient (Wildman–Crippen LogP) is 3.79. The standard InChI is InChI=1S/C23H33NO3/c1-13(2)21(24)22(26)27-15-5-7-16-14(12-15)4-6-18-17(16)10-11-23(3)19(18)8-9-20(23)25/h5,7,12-13,17-21,25H,4,6,8-11,24H2,1-3H3. The van der Waals surface area contributed by atoms with E-state index in [1.165, 1.54) is 17.5 Å². The first-order valence-electron chi connectivity index (χ1n) is 10.6. The molecule has 0 saturated heterocycles. The van der Waals surface area contributed by atoms with E-state index in [9.17, 15) is 9.90 Å². The zero-order valence-corrected chi connectivity index (χ0v) is 16.8. The number of carbonyl (C=O) groups excluding carboxylic acids is 1. The van der Waals surface area contributed by atoms with E-state index in [0.29, 0.717) is 23.5 Å². The number of fused-ring (bicyclic) bond motifs is 5. The topological polar surface area (TPSA) is 72.6 Å².